The maximum absolute atomic E-state index is 10.8. The van der Waals surface area contributed by atoms with Crippen LogP contribution in [-0.4, -0.2) is 36.5 Å². The highest BCUT2D eigenvalue weighted by Crippen LogP contribution is 2.14. The average Bonchev–Trinajstić information content (AvgIpc) is 2.81. The van der Waals surface area contributed by atoms with E-state index in [0.717, 1.165) is 0 Å². The van der Waals surface area contributed by atoms with Gasteiger partial charge in [0, 0.05) is 0 Å². The van der Waals surface area contributed by atoms with Crippen molar-refractivity contribution in [2.75, 3.05) is 13.2 Å². The molecule has 4 nitrogen and oxygen atoms in total. The molecule has 0 saturated carbocycles. The van der Waals surface area contributed by atoms with E-state index in [2.05, 4.69) is 11.3 Å². The molecule has 0 spiro atoms. The number of aliphatic hydroxyl groups excluding tert-OH is 1. The van der Waals surface area contributed by atoms with Crippen molar-refractivity contribution in [1.29, 1.82) is 0 Å². The molecule has 62 valence electrons. The van der Waals surface area contributed by atoms with E-state index in [1.807, 2.05) is 0 Å². The van der Waals surface area contributed by atoms with E-state index in [1.54, 1.807) is 0 Å². The minimum atomic E-state index is -1.13. The molecule has 0 aromatic rings. The van der Waals surface area contributed by atoms with E-state index >= 15 is 0 Å². The van der Waals surface area contributed by atoms with Crippen molar-refractivity contribution in [2.45, 2.75) is 12.2 Å². The van der Waals surface area contributed by atoms with Gasteiger partial charge in [0.2, 0.25) is 0 Å². The van der Waals surface area contributed by atoms with Crippen molar-refractivity contribution < 1.29 is 19.4 Å². The van der Waals surface area contributed by atoms with Gasteiger partial charge in [0.1, 0.15) is 12.7 Å². The van der Waals surface area contributed by atoms with E-state index in [9.17, 15) is 4.79 Å². The van der Waals surface area contributed by atoms with Gasteiger partial charge < -0.3 is 14.6 Å². The van der Waals surface area contributed by atoms with E-state index in [-0.39, 0.29) is 12.7 Å². The van der Waals surface area contributed by atoms with Gasteiger partial charge in [-0.05, 0) is 0 Å². The highest BCUT2D eigenvalue weighted by molar-refractivity contribution is 5.75. The van der Waals surface area contributed by atoms with Crippen LogP contribution >= 0.6 is 0 Å². The van der Waals surface area contributed by atoms with Crippen molar-refractivity contribution in [3.05, 3.63) is 12.7 Å². The van der Waals surface area contributed by atoms with Crippen LogP contribution in [0, 0.1) is 0 Å². The normalized spacial score (nSPS) is 23.9. The van der Waals surface area contributed by atoms with Crippen LogP contribution in [0.25, 0.3) is 0 Å². The summed E-state index contributed by atoms with van der Waals surface area (Å²) in [5.74, 6) is -0.646. The third-order valence-corrected chi connectivity index (χ3v) is 1.30. The minimum absolute atomic E-state index is 0.128. The quantitative estimate of drug-likeness (QED) is 0.339. The van der Waals surface area contributed by atoms with Gasteiger partial charge in [-0.2, -0.15) is 0 Å². The number of ether oxygens (including phenoxy) is 2. The smallest absolute Gasteiger partial charge is 0.338 e. The summed E-state index contributed by atoms with van der Waals surface area (Å²) >= 11 is 0. The van der Waals surface area contributed by atoms with Crippen LogP contribution in [0.2, 0.25) is 0 Å². The number of hydrogen-bond acceptors (Lipinski definition) is 4. The first-order valence-corrected chi connectivity index (χ1v) is 3.33. The Balaban J connectivity index is 2.21. The zero-order valence-electron chi connectivity index (χ0n) is 6.03. The maximum Gasteiger partial charge on any atom is 0.338 e. The van der Waals surface area contributed by atoms with Gasteiger partial charge in [-0.3, -0.25) is 0 Å². The molecule has 2 atom stereocenters. The molecule has 1 saturated heterocycles. The predicted molar refractivity (Wildman–Crippen MR) is 36.9 cm³/mol. The Labute approximate surface area is 64.4 Å². The second-order valence-electron chi connectivity index (χ2n) is 2.24. The van der Waals surface area contributed by atoms with Crippen LogP contribution in [0.1, 0.15) is 0 Å². The Morgan fingerprint density at radius 3 is 3.09 bits per heavy atom. The molecule has 4 heteroatoms. The second kappa shape index (κ2) is 3.50. The SMILES string of the molecule is C=CCOC(=O)[C@H](O)[C@@H]1CO1. The molecule has 1 fully saturated rings. The third kappa shape index (κ3) is 2.32. The van der Waals surface area contributed by atoms with E-state index < -0.39 is 12.1 Å². The van der Waals surface area contributed by atoms with Crippen molar-refractivity contribution in [3.8, 4) is 0 Å². The molecule has 0 unspecified atom stereocenters. The third-order valence-electron chi connectivity index (χ3n) is 1.30. The van der Waals surface area contributed by atoms with Crippen molar-refractivity contribution in [2.24, 2.45) is 0 Å². The highest BCUT2D eigenvalue weighted by atomic mass is 16.6. The summed E-state index contributed by atoms with van der Waals surface area (Å²) in [7, 11) is 0. The minimum Gasteiger partial charge on any atom is -0.459 e. The lowest BCUT2D eigenvalue weighted by atomic mass is 10.3. The lowest BCUT2D eigenvalue weighted by Gasteiger charge is -2.05. The molecular formula is C7H10O4. The van der Waals surface area contributed by atoms with Crippen LogP contribution in [0.5, 0.6) is 0 Å². The summed E-state index contributed by atoms with van der Waals surface area (Å²) in [4.78, 5) is 10.8. The molecule has 1 aliphatic rings. The van der Waals surface area contributed by atoms with Crippen LogP contribution in [0.15, 0.2) is 12.7 Å². The molecule has 0 aromatic carbocycles. The van der Waals surface area contributed by atoms with Gasteiger partial charge in [0.05, 0.1) is 6.61 Å². The molecule has 0 bridgehead atoms. The lowest BCUT2D eigenvalue weighted by Crippen LogP contribution is -2.28. The first-order chi connectivity index (χ1) is 5.25. The topological polar surface area (TPSA) is 59.1 Å². The summed E-state index contributed by atoms with van der Waals surface area (Å²) in [6, 6.07) is 0. The summed E-state index contributed by atoms with van der Waals surface area (Å²) in [5.41, 5.74) is 0. The number of carbonyl (C=O) groups excluding carboxylic acids is 1. The molecule has 0 aromatic heterocycles. The van der Waals surface area contributed by atoms with Gasteiger partial charge in [-0.15, -0.1) is 0 Å². The molecule has 1 heterocycles. The fourth-order valence-electron chi connectivity index (χ4n) is 0.616. The molecule has 0 radical (unpaired) electrons. The van der Waals surface area contributed by atoms with Gasteiger partial charge in [-0.1, -0.05) is 12.7 Å². The van der Waals surface area contributed by atoms with E-state index in [1.165, 1.54) is 6.08 Å². The van der Waals surface area contributed by atoms with E-state index in [0.29, 0.717) is 6.61 Å². The number of aliphatic hydroxyl groups is 1. The van der Waals surface area contributed by atoms with Crippen molar-refractivity contribution in [1.82, 2.24) is 0 Å². The molecular weight excluding hydrogens is 148 g/mol. The Morgan fingerprint density at radius 1 is 2.00 bits per heavy atom. The lowest BCUT2D eigenvalue weighted by molar-refractivity contribution is -0.153. The molecule has 1 N–H and O–H groups in total. The Bertz CT molecular complexity index is 162. The number of carbonyl (C=O) groups is 1. The Hall–Kier alpha value is -0.870. The van der Waals surface area contributed by atoms with Crippen LogP contribution in [-0.2, 0) is 14.3 Å². The summed E-state index contributed by atoms with van der Waals surface area (Å²) in [6.45, 7) is 3.92. The molecule has 0 amide bonds. The average molecular weight is 158 g/mol. The predicted octanol–water partition coefficient (Wildman–Crippen LogP) is -0.525. The number of hydrogen-bond donors (Lipinski definition) is 1. The number of esters is 1. The zero-order valence-corrected chi connectivity index (χ0v) is 6.03. The van der Waals surface area contributed by atoms with Crippen LogP contribution in [0.3, 0.4) is 0 Å². The largest absolute Gasteiger partial charge is 0.459 e. The fraction of sp³-hybridized carbons (Fsp3) is 0.571. The first-order valence-electron chi connectivity index (χ1n) is 3.33. The van der Waals surface area contributed by atoms with Gasteiger partial charge in [-0.25, -0.2) is 4.79 Å². The monoisotopic (exact) mass is 158 g/mol. The zero-order chi connectivity index (χ0) is 8.27. The van der Waals surface area contributed by atoms with Crippen LogP contribution < -0.4 is 0 Å². The number of epoxide rings is 1. The van der Waals surface area contributed by atoms with Crippen molar-refractivity contribution >= 4 is 5.97 Å². The summed E-state index contributed by atoms with van der Waals surface area (Å²) in [5, 5.41) is 9.05. The summed E-state index contributed by atoms with van der Waals surface area (Å²) in [6.07, 6.45) is -0.0412. The molecule has 1 aliphatic heterocycles. The van der Waals surface area contributed by atoms with Gasteiger partial charge in [0.25, 0.3) is 0 Å². The highest BCUT2D eigenvalue weighted by Gasteiger charge is 2.37. The Kier molecular flexibility index (Phi) is 2.62. The Morgan fingerprint density at radius 2 is 2.64 bits per heavy atom. The van der Waals surface area contributed by atoms with E-state index in [4.69, 9.17) is 9.84 Å². The summed E-state index contributed by atoms with van der Waals surface area (Å²) < 4.78 is 9.26. The second-order valence-corrected chi connectivity index (χ2v) is 2.24. The maximum atomic E-state index is 10.8. The van der Waals surface area contributed by atoms with Crippen LogP contribution in [0.4, 0.5) is 0 Å². The molecule has 1 rings (SSSR count). The molecule has 11 heavy (non-hydrogen) atoms. The van der Waals surface area contributed by atoms with Crippen molar-refractivity contribution in [3.63, 3.8) is 0 Å². The molecule has 0 aliphatic carbocycles. The first kappa shape index (κ1) is 8.23. The number of rotatable bonds is 4. The van der Waals surface area contributed by atoms with Gasteiger partial charge in [0.15, 0.2) is 6.10 Å². The standard InChI is InChI=1S/C7H10O4/c1-2-3-10-7(9)6(8)5-4-11-5/h2,5-6,8H,1,3-4H2/t5-,6+/m0/s1. The van der Waals surface area contributed by atoms with Gasteiger partial charge >= 0.3 is 5.97 Å². The fourth-order valence-corrected chi connectivity index (χ4v) is 0.616.